The third kappa shape index (κ3) is 4.17. The highest BCUT2D eigenvalue weighted by molar-refractivity contribution is 6.03. The average molecular weight is 459 g/mol. The summed E-state index contributed by atoms with van der Waals surface area (Å²) in [4.78, 5) is 26.0. The third-order valence-electron chi connectivity index (χ3n) is 6.63. The van der Waals surface area contributed by atoms with Crippen molar-refractivity contribution in [3.63, 3.8) is 0 Å². The number of anilines is 1. The van der Waals surface area contributed by atoms with E-state index in [1.807, 2.05) is 6.92 Å². The minimum absolute atomic E-state index is 0.0200. The van der Waals surface area contributed by atoms with E-state index in [0.29, 0.717) is 25.6 Å². The van der Waals surface area contributed by atoms with Crippen molar-refractivity contribution in [2.24, 2.45) is 17.6 Å². The summed E-state index contributed by atoms with van der Waals surface area (Å²) in [6.45, 7) is 7.55. The van der Waals surface area contributed by atoms with Gasteiger partial charge in [0.05, 0.1) is 5.54 Å². The summed E-state index contributed by atoms with van der Waals surface area (Å²) in [6, 6.07) is 5.81. The molecule has 10 heteroatoms. The smallest absolute Gasteiger partial charge is 0.394 e. The van der Waals surface area contributed by atoms with Gasteiger partial charge in [-0.2, -0.15) is 13.9 Å². The zero-order chi connectivity index (χ0) is 24.1. The molecule has 1 aromatic carbocycles. The van der Waals surface area contributed by atoms with Crippen LogP contribution in [-0.2, 0) is 10.3 Å². The SMILES string of the molecule is C=CC(=O)N1CCC(C2CC2(C)n2nc(-c3ccc(OC(C)(F)F)cc3)c(C(N)=O)c2N)C1. The summed E-state index contributed by atoms with van der Waals surface area (Å²) in [7, 11) is 0. The van der Waals surface area contributed by atoms with Crippen LogP contribution in [0.5, 0.6) is 5.75 Å². The zero-order valence-electron chi connectivity index (χ0n) is 18.6. The van der Waals surface area contributed by atoms with Crippen LogP contribution >= 0.6 is 0 Å². The van der Waals surface area contributed by atoms with Crippen LogP contribution in [0.25, 0.3) is 11.3 Å². The number of ether oxygens (including phenoxy) is 1. The van der Waals surface area contributed by atoms with Crippen molar-refractivity contribution in [3.8, 4) is 17.0 Å². The van der Waals surface area contributed by atoms with E-state index in [0.717, 1.165) is 12.8 Å². The number of likely N-dealkylation sites (tertiary alicyclic amines) is 1. The molecule has 3 unspecified atom stereocenters. The number of alkyl halides is 2. The maximum absolute atomic E-state index is 13.1. The van der Waals surface area contributed by atoms with Crippen molar-refractivity contribution >= 4 is 17.6 Å². The summed E-state index contributed by atoms with van der Waals surface area (Å²) in [5.41, 5.74) is 12.4. The highest BCUT2D eigenvalue weighted by atomic mass is 19.3. The molecular weight excluding hydrogens is 432 g/mol. The summed E-state index contributed by atoms with van der Waals surface area (Å²) in [5, 5.41) is 4.64. The number of nitrogen functional groups attached to an aromatic ring is 1. The van der Waals surface area contributed by atoms with Crippen molar-refractivity contribution in [1.82, 2.24) is 14.7 Å². The van der Waals surface area contributed by atoms with Gasteiger partial charge in [0.15, 0.2) is 0 Å². The fourth-order valence-corrected chi connectivity index (χ4v) is 4.90. The molecule has 4 rings (SSSR count). The fourth-order valence-electron chi connectivity index (χ4n) is 4.90. The summed E-state index contributed by atoms with van der Waals surface area (Å²) in [6.07, 6.45) is -0.313. The molecule has 1 aliphatic carbocycles. The van der Waals surface area contributed by atoms with Crippen LogP contribution in [0, 0.1) is 11.8 Å². The Bertz CT molecular complexity index is 1110. The van der Waals surface area contributed by atoms with Gasteiger partial charge in [-0.15, -0.1) is 0 Å². The minimum Gasteiger partial charge on any atom is -0.433 e. The molecule has 0 spiro atoms. The molecule has 3 atom stereocenters. The Kier molecular flexibility index (Phi) is 5.42. The molecule has 2 fully saturated rings. The molecule has 2 heterocycles. The Balaban J connectivity index is 1.61. The van der Waals surface area contributed by atoms with Crippen LogP contribution in [0.1, 0.15) is 37.0 Å². The number of nitrogens with zero attached hydrogens (tertiary/aromatic N) is 3. The van der Waals surface area contributed by atoms with Crippen LogP contribution in [0.15, 0.2) is 36.9 Å². The normalized spacial score (nSPS) is 24.5. The van der Waals surface area contributed by atoms with Gasteiger partial charge in [0.25, 0.3) is 5.91 Å². The Morgan fingerprint density at radius 3 is 2.58 bits per heavy atom. The van der Waals surface area contributed by atoms with E-state index >= 15 is 0 Å². The molecule has 1 saturated carbocycles. The lowest BCUT2D eigenvalue weighted by molar-refractivity contribution is -0.158. The first-order valence-corrected chi connectivity index (χ1v) is 10.7. The second-order valence-corrected chi connectivity index (χ2v) is 9.02. The van der Waals surface area contributed by atoms with Crippen LogP contribution in [0.4, 0.5) is 14.6 Å². The number of carbonyl (C=O) groups excluding carboxylic acids is 2. The molecule has 2 amide bonds. The van der Waals surface area contributed by atoms with Crippen molar-refractivity contribution in [2.45, 2.75) is 38.3 Å². The number of amides is 2. The van der Waals surface area contributed by atoms with Gasteiger partial charge in [0.2, 0.25) is 5.91 Å². The van der Waals surface area contributed by atoms with Crippen LogP contribution in [0.3, 0.4) is 0 Å². The monoisotopic (exact) mass is 459 g/mol. The van der Waals surface area contributed by atoms with Gasteiger partial charge >= 0.3 is 6.11 Å². The van der Waals surface area contributed by atoms with Crippen LogP contribution < -0.4 is 16.2 Å². The first-order valence-electron chi connectivity index (χ1n) is 10.7. The summed E-state index contributed by atoms with van der Waals surface area (Å²) in [5.74, 6) is -0.134. The van der Waals surface area contributed by atoms with E-state index in [9.17, 15) is 18.4 Å². The number of nitrogens with two attached hydrogens (primary N) is 2. The van der Waals surface area contributed by atoms with Crippen LogP contribution in [0.2, 0.25) is 0 Å². The molecule has 0 bridgehead atoms. The molecule has 1 aromatic heterocycles. The van der Waals surface area contributed by atoms with Gasteiger partial charge in [0.1, 0.15) is 22.8 Å². The Labute approximate surface area is 190 Å². The molecular formula is C23H27F2N5O3. The molecule has 176 valence electrons. The molecule has 2 aliphatic rings. The maximum Gasteiger partial charge on any atom is 0.394 e. The highest BCUT2D eigenvalue weighted by Gasteiger charge is 2.58. The minimum atomic E-state index is -3.31. The predicted octanol–water partition coefficient (Wildman–Crippen LogP) is 2.99. The largest absolute Gasteiger partial charge is 0.433 e. The molecule has 33 heavy (non-hydrogen) atoms. The first-order chi connectivity index (χ1) is 15.4. The second-order valence-electron chi connectivity index (χ2n) is 9.02. The highest BCUT2D eigenvalue weighted by Crippen LogP contribution is 2.57. The van der Waals surface area contributed by atoms with Gasteiger partial charge in [-0.3, -0.25) is 9.59 Å². The number of rotatable bonds is 7. The van der Waals surface area contributed by atoms with E-state index in [1.54, 1.807) is 9.58 Å². The van der Waals surface area contributed by atoms with E-state index in [2.05, 4.69) is 16.4 Å². The van der Waals surface area contributed by atoms with Gasteiger partial charge in [-0.1, -0.05) is 6.58 Å². The number of primary amides is 1. The lowest BCUT2D eigenvalue weighted by Gasteiger charge is -2.18. The standard InChI is InChI=1S/C23H27F2N5O3/c1-4-17(31)29-10-9-14(12-29)16-11-22(16,2)30-20(26)18(21(27)32)19(28-30)13-5-7-15(8-6-13)33-23(3,24)25/h4-8,14,16H,1,9-12,26H2,2-3H3,(H2,27,32). The maximum atomic E-state index is 13.1. The van der Waals surface area contributed by atoms with Crippen molar-refractivity contribution in [2.75, 3.05) is 18.8 Å². The van der Waals surface area contributed by atoms with Gasteiger partial charge in [-0.05, 0) is 61.9 Å². The number of halogens is 2. The predicted molar refractivity (Wildman–Crippen MR) is 118 cm³/mol. The van der Waals surface area contributed by atoms with Crippen molar-refractivity contribution < 1.29 is 23.1 Å². The zero-order valence-corrected chi connectivity index (χ0v) is 18.6. The molecule has 2 aromatic rings. The van der Waals surface area contributed by atoms with E-state index in [1.165, 1.54) is 30.3 Å². The lowest BCUT2D eigenvalue weighted by atomic mass is 9.99. The van der Waals surface area contributed by atoms with E-state index < -0.39 is 17.6 Å². The van der Waals surface area contributed by atoms with Gasteiger partial charge in [0, 0.05) is 25.6 Å². The summed E-state index contributed by atoms with van der Waals surface area (Å²) < 4.78 is 32.4. The number of hydrogen-bond acceptors (Lipinski definition) is 5. The first kappa shape index (κ1) is 22.8. The lowest BCUT2D eigenvalue weighted by Crippen LogP contribution is -2.28. The summed E-state index contributed by atoms with van der Waals surface area (Å²) >= 11 is 0. The van der Waals surface area contributed by atoms with E-state index in [4.69, 9.17) is 11.5 Å². The number of benzene rings is 1. The molecule has 8 nitrogen and oxygen atoms in total. The van der Waals surface area contributed by atoms with Crippen molar-refractivity contribution in [3.05, 3.63) is 42.5 Å². The van der Waals surface area contributed by atoms with Gasteiger partial charge < -0.3 is 21.1 Å². The number of aromatic nitrogens is 2. The average Bonchev–Trinajstić information content (AvgIpc) is 3.09. The fraction of sp³-hybridized carbons (Fsp3) is 0.435. The molecule has 1 saturated heterocycles. The third-order valence-corrected chi connectivity index (χ3v) is 6.63. The van der Waals surface area contributed by atoms with E-state index in [-0.39, 0.29) is 40.6 Å². The Morgan fingerprint density at radius 2 is 2.00 bits per heavy atom. The molecule has 0 radical (unpaired) electrons. The van der Waals surface area contributed by atoms with Crippen LogP contribution in [-0.4, -0.2) is 45.7 Å². The topological polar surface area (TPSA) is 116 Å². The van der Waals surface area contributed by atoms with Crippen molar-refractivity contribution in [1.29, 1.82) is 0 Å². The number of hydrogen-bond donors (Lipinski definition) is 2. The van der Waals surface area contributed by atoms with Gasteiger partial charge in [-0.25, -0.2) is 4.68 Å². The molecule has 4 N–H and O–H groups in total. The molecule has 1 aliphatic heterocycles. The Hall–Kier alpha value is -3.43. The number of carbonyl (C=O) groups is 2. The Morgan fingerprint density at radius 1 is 1.33 bits per heavy atom. The second kappa shape index (κ2) is 7.86. The quantitative estimate of drug-likeness (QED) is 0.618.